The fraction of sp³-hybridized carbons (Fsp3) is 0.750. The summed E-state index contributed by atoms with van der Waals surface area (Å²) in [7, 11) is 0. The average molecular weight is 172 g/mol. The third kappa shape index (κ3) is 7.35. The molecule has 4 nitrogen and oxygen atoms in total. The van der Waals surface area contributed by atoms with E-state index in [1.807, 2.05) is 0 Å². The highest BCUT2D eigenvalue weighted by molar-refractivity contribution is 4.96. The summed E-state index contributed by atoms with van der Waals surface area (Å²) >= 11 is 0. The summed E-state index contributed by atoms with van der Waals surface area (Å²) in [6.07, 6.45) is 1.84. The molecule has 0 heterocycles. The van der Waals surface area contributed by atoms with Crippen LogP contribution in [0.3, 0.4) is 0 Å². The lowest BCUT2D eigenvalue weighted by atomic mass is 10.2. The van der Waals surface area contributed by atoms with Crippen LogP contribution in [-0.2, 0) is 4.74 Å². The van der Waals surface area contributed by atoms with Crippen LogP contribution >= 0.6 is 0 Å². The van der Waals surface area contributed by atoms with Crippen LogP contribution < -0.4 is 11.5 Å². The van der Waals surface area contributed by atoms with Gasteiger partial charge in [-0.05, 0) is 31.7 Å². The summed E-state index contributed by atoms with van der Waals surface area (Å²) in [5.74, 6) is 2.27. The maximum absolute atomic E-state index is 8.91. The van der Waals surface area contributed by atoms with Crippen molar-refractivity contribution in [2.45, 2.75) is 25.6 Å². The van der Waals surface area contributed by atoms with Gasteiger partial charge < -0.3 is 21.3 Å². The van der Waals surface area contributed by atoms with E-state index >= 15 is 0 Å². The van der Waals surface area contributed by atoms with Gasteiger partial charge >= 0.3 is 0 Å². The molecule has 0 fully saturated rings. The van der Waals surface area contributed by atoms with Crippen molar-refractivity contribution in [2.75, 3.05) is 13.2 Å². The van der Waals surface area contributed by atoms with Crippen molar-refractivity contribution in [1.82, 2.24) is 0 Å². The van der Waals surface area contributed by atoms with Crippen LogP contribution in [0.25, 0.3) is 0 Å². The molecule has 0 saturated carbocycles. The molecule has 0 aromatic carbocycles. The molecule has 5 N–H and O–H groups in total. The largest absolute Gasteiger partial charge is 0.359 e. The minimum atomic E-state index is -1.05. The normalized spacial score (nSPS) is 11.8. The molecular formula is C8H16N2O2. The minimum Gasteiger partial charge on any atom is -0.359 e. The molecule has 0 aliphatic carbocycles. The Morgan fingerprint density at radius 2 is 2.08 bits per heavy atom. The van der Waals surface area contributed by atoms with Crippen molar-refractivity contribution in [1.29, 1.82) is 0 Å². The number of rotatable bonds is 6. The van der Waals surface area contributed by atoms with Crippen molar-refractivity contribution in [3.63, 3.8) is 0 Å². The molecule has 0 amide bonds. The first-order valence-electron chi connectivity index (χ1n) is 4.02. The van der Waals surface area contributed by atoms with Crippen molar-refractivity contribution in [3.05, 3.63) is 0 Å². The van der Waals surface area contributed by atoms with E-state index in [9.17, 15) is 0 Å². The summed E-state index contributed by atoms with van der Waals surface area (Å²) in [5.41, 5.74) is 10.2. The quantitative estimate of drug-likeness (QED) is 0.216. The van der Waals surface area contributed by atoms with Crippen molar-refractivity contribution in [3.8, 4) is 12.0 Å². The summed E-state index contributed by atoms with van der Waals surface area (Å²) in [6.45, 7) is 1.20. The van der Waals surface area contributed by atoms with Crippen molar-refractivity contribution < 1.29 is 9.84 Å². The van der Waals surface area contributed by atoms with E-state index in [-0.39, 0.29) is 0 Å². The van der Waals surface area contributed by atoms with Crippen LogP contribution in [-0.4, -0.2) is 24.5 Å². The van der Waals surface area contributed by atoms with Gasteiger partial charge in [0.2, 0.25) is 6.29 Å². The first-order chi connectivity index (χ1) is 5.81. The Morgan fingerprint density at radius 3 is 2.67 bits per heavy atom. The van der Waals surface area contributed by atoms with Gasteiger partial charge in [0.25, 0.3) is 0 Å². The zero-order valence-electron chi connectivity index (χ0n) is 7.12. The number of unbranched alkanes of at least 4 members (excludes halogenated alkanes) is 2. The van der Waals surface area contributed by atoms with Gasteiger partial charge in [0.05, 0.1) is 6.61 Å². The molecule has 1 atom stereocenters. The molecule has 0 spiro atoms. The maximum Gasteiger partial charge on any atom is 0.221 e. The molecular weight excluding hydrogens is 156 g/mol. The third-order valence-electron chi connectivity index (χ3n) is 1.33. The van der Waals surface area contributed by atoms with Gasteiger partial charge in [0.1, 0.15) is 0 Å². The number of ether oxygens (including phenoxy) is 1. The van der Waals surface area contributed by atoms with Gasteiger partial charge in [-0.2, -0.15) is 0 Å². The summed E-state index contributed by atoms with van der Waals surface area (Å²) in [5, 5.41) is 8.91. The van der Waals surface area contributed by atoms with Crippen LogP contribution in [0.4, 0.5) is 0 Å². The lowest BCUT2D eigenvalue weighted by Crippen LogP contribution is -2.11. The van der Waals surface area contributed by atoms with Gasteiger partial charge in [0.15, 0.2) is 0 Å². The molecule has 0 bridgehead atoms. The van der Waals surface area contributed by atoms with E-state index in [0.717, 1.165) is 19.3 Å². The smallest absolute Gasteiger partial charge is 0.221 e. The highest BCUT2D eigenvalue weighted by Gasteiger charge is 1.96. The van der Waals surface area contributed by atoms with Crippen molar-refractivity contribution in [2.24, 2.45) is 11.5 Å². The molecule has 70 valence electrons. The van der Waals surface area contributed by atoms with Gasteiger partial charge in [-0.25, -0.2) is 0 Å². The zero-order chi connectivity index (χ0) is 9.23. The molecule has 0 saturated heterocycles. The predicted octanol–water partition coefficient (Wildman–Crippen LogP) is -0.630. The lowest BCUT2D eigenvalue weighted by Gasteiger charge is -2.04. The number of aliphatic hydroxyl groups is 1. The van der Waals surface area contributed by atoms with Gasteiger partial charge in [-0.1, -0.05) is 0 Å². The monoisotopic (exact) mass is 172 g/mol. The van der Waals surface area contributed by atoms with Gasteiger partial charge in [-0.3, -0.25) is 0 Å². The lowest BCUT2D eigenvalue weighted by molar-refractivity contribution is -0.0581. The second kappa shape index (κ2) is 8.34. The van der Waals surface area contributed by atoms with Crippen LogP contribution in [0.1, 0.15) is 19.3 Å². The molecule has 0 radical (unpaired) electrons. The minimum absolute atomic E-state index is 0.496. The average Bonchev–Trinajstić information content (AvgIpc) is 2.05. The number of hydrogen-bond acceptors (Lipinski definition) is 4. The van der Waals surface area contributed by atoms with Crippen LogP contribution in [0, 0.1) is 12.0 Å². The van der Waals surface area contributed by atoms with E-state index in [1.165, 1.54) is 0 Å². The maximum atomic E-state index is 8.91. The SMILES string of the molecule is NC#CC(O)OCCCCCN. The zero-order valence-corrected chi connectivity index (χ0v) is 7.12. The molecule has 0 aliphatic heterocycles. The topological polar surface area (TPSA) is 81.5 Å². The molecule has 12 heavy (non-hydrogen) atoms. The third-order valence-corrected chi connectivity index (χ3v) is 1.33. The van der Waals surface area contributed by atoms with Crippen LogP contribution in [0.2, 0.25) is 0 Å². The Labute approximate surface area is 72.9 Å². The fourth-order valence-electron chi connectivity index (χ4n) is 0.731. The molecule has 0 aromatic heterocycles. The first kappa shape index (κ1) is 11.2. The summed E-state index contributed by atoms with van der Waals surface area (Å²) in [4.78, 5) is 0. The second-order valence-electron chi connectivity index (χ2n) is 2.36. The predicted molar refractivity (Wildman–Crippen MR) is 46.8 cm³/mol. The summed E-state index contributed by atoms with van der Waals surface area (Å²) < 4.78 is 4.89. The highest BCUT2D eigenvalue weighted by atomic mass is 16.6. The van der Waals surface area contributed by atoms with E-state index in [2.05, 4.69) is 12.0 Å². The Balaban J connectivity index is 3.12. The first-order valence-corrected chi connectivity index (χ1v) is 4.02. The number of nitrogens with two attached hydrogens (primary N) is 2. The van der Waals surface area contributed by atoms with Crippen LogP contribution in [0.15, 0.2) is 0 Å². The Hall–Kier alpha value is -0.760. The molecule has 0 aliphatic rings. The Kier molecular flexibility index (Phi) is 7.81. The summed E-state index contributed by atoms with van der Waals surface area (Å²) in [6, 6.07) is 2.07. The van der Waals surface area contributed by atoms with Gasteiger partial charge in [-0.15, -0.1) is 0 Å². The molecule has 1 unspecified atom stereocenters. The highest BCUT2D eigenvalue weighted by Crippen LogP contribution is 1.95. The van der Waals surface area contributed by atoms with Crippen LogP contribution in [0.5, 0.6) is 0 Å². The fourth-order valence-corrected chi connectivity index (χ4v) is 0.731. The molecule has 0 aromatic rings. The Morgan fingerprint density at radius 1 is 1.33 bits per heavy atom. The molecule has 4 heteroatoms. The van der Waals surface area contributed by atoms with E-state index in [1.54, 1.807) is 0 Å². The second-order valence-corrected chi connectivity index (χ2v) is 2.36. The number of aliphatic hydroxyl groups excluding tert-OH is 1. The van der Waals surface area contributed by atoms with Gasteiger partial charge in [0, 0.05) is 6.04 Å². The van der Waals surface area contributed by atoms with E-state index < -0.39 is 6.29 Å². The standard InChI is InChI=1S/C8H16N2O2/c9-5-2-1-3-7-12-8(11)4-6-10/h8,11H,1-3,5,7,9-10H2. The Bertz CT molecular complexity index is 151. The van der Waals surface area contributed by atoms with E-state index in [0.29, 0.717) is 13.2 Å². The molecule has 0 rings (SSSR count). The van der Waals surface area contributed by atoms with Crippen molar-refractivity contribution >= 4 is 0 Å². The van der Waals surface area contributed by atoms with E-state index in [4.69, 9.17) is 21.3 Å². The number of hydrogen-bond donors (Lipinski definition) is 3.